The molecule has 1 N–H and O–H groups in total. The van der Waals surface area contributed by atoms with Crippen molar-refractivity contribution in [2.75, 3.05) is 13.1 Å². The van der Waals surface area contributed by atoms with Crippen LogP contribution < -0.4 is 0 Å². The summed E-state index contributed by atoms with van der Waals surface area (Å²) in [5.41, 5.74) is 4.46. The van der Waals surface area contributed by atoms with Gasteiger partial charge >= 0.3 is 0 Å². The number of H-pyrrole nitrogens is 1. The Kier molecular flexibility index (Phi) is 3.71. The van der Waals surface area contributed by atoms with Crippen LogP contribution in [0, 0.1) is 13.8 Å². The van der Waals surface area contributed by atoms with E-state index in [0.29, 0.717) is 12.2 Å². The quantitative estimate of drug-likeness (QED) is 0.796. The molecule has 7 nitrogen and oxygen atoms in total. The summed E-state index contributed by atoms with van der Waals surface area (Å²) in [6, 6.07) is 8.09. The number of nitrogens with zero attached hydrogens (tertiary/aromatic N) is 5. The highest BCUT2D eigenvalue weighted by Gasteiger charge is 2.30. The van der Waals surface area contributed by atoms with Crippen molar-refractivity contribution in [2.45, 2.75) is 26.3 Å². The first kappa shape index (κ1) is 15.7. The SMILES string of the molecule is Cc1cc(C)n(C2CCN(C(=O)c3cc(-c4cccn4C)n[nH]3)C2)n1. The van der Waals surface area contributed by atoms with Gasteiger partial charge in [-0.1, -0.05) is 0 Å². The molecule has 4 rings (SSSR count). The van der Waals surface area contributed by atoms with Crippen LogP contribution in [0.4, 0.5) is 0 Å². The predicted octanol–water partition coefficient (Wildman–Crippen LogP) is 2.32. The van der Waals surface area contributed by atoms with E-state index in [9.17, 15) is 4.79 Å². The van der Waals surface area contributed by atoms with Gasteiger partial charge in [-0.2, -0.15) is 10.2 Å². The lowest BCUT2D eigenvalue weighted by Crippen LogP contribution is -2.29. The van der Waals surface area contributed by atoms with Gasteiger partial charge in [0.25, 0.3) is 5.91 Å². The van der Waals surface area contributed by atoms with E-state index < -0.39 is 0 Å². The minimum atomic E-state index is -0.00279. The van der Waals surface area contributed by atoms with E-state index in [1.807, 2.05) is 52.5 Å². The van der Waals surface area contributed by atoms with Gasteiger partial charge in [-0.25, -0.2) is 0 Å². The number of aromatic nitrogens is 5. The normalized spacial score (nSPS) is 17.4. The molecular weight excluding hydrogens is 316 g/mol. The predicted molar refractivity (Wildman–Crippen MR) is 94.3 cm³/mol. The highest BCUT2D eigenvalue weighted by molar-refractivity contribution is 5.93. The number of amides is 1. The second-order valence-corrected chi connectivity index (χ2v) is 6.74. The first-order valence-electron chi connectivity index (χ1n) is 8.52. The van der Waals surface area contributed by atoms with Gasteiger partial charge in [0.1, 0.15) is 11.4 Å². The zero-order chi connectivity index (χ0) is 17.6. The molecule has 0 radical (unpaired) electrons. The monoisotopic (exact) mass is 338 g/mol. The number of hydrogen-bond acceptors (Lipinski definition) is 3. The maximum Gasteiger partial charge on any atom is 0.271 e. The molecule has 3 aromatic rings. The first-order chi connectivity index (χ1) is 12.0. The fourth-order valence-corrected chi connectivity index (χ4v) is 3.60. The summed E-state index contributed by atoms with van der Waals surface area (Å²) in [5.74, 6) is -0.00279. The van der Waals surface area contributed by atoms with Gasteiger partial charge < -0.3 is 9.47 Å². The van der Waals surface area contributed by atoms with Crippen molar-refractivity contribution in [2.24, 2.45) is 7.05 Å². The Morgan fingerprint density at radius 2 is 2.16 bits per heavy atom. The molecule has 3 aromatic heterocycles. The lowest BCUT2D eigenvalue weighted by molar-refractivity contribution is 0.0781. The largest absolute Gasteiger partial charge is 0.349 e. The van der Waals surface area contributed by atoms with Gasteiger partial charge in [-0.3, -0.25) is 14.6 Å². The number of likely N-dealkylation sites (tertiary alicyclic amines) is 1. The fourth-order valence-electron chi connectivity index (χ4n) is 3.60. The summed E-state index contributed by atoms with van der Waals surface area (Å²) in [5, 5.41) is 11.7. The van der Waals surface area contributed by atoms with Crippen LogP contribution in [0.15, 0.2) is 30.5 Å². The third-order valence-electron chi connectivity index (χ3n) is 4.86. The molecule has 7 heteroatoms. The van der Waals surface area contributed by atoms with E-state index >= 15 is 0 Å². The van der Waals surface area contributed by atoms with Crippen LogP contribution in [0.3, 0.4) is 0 Å². The van der Waals surface area contributed by atoms with E-state index in [-0.39, 0.29) is 11.9 Å². The molecular formula is C18H22N6O. The van der Waals surface area contributed by atoms with E-state index in [1.165, 1.54) is 0 Å². The number of aromatic amines is 1. The number of nitrogens with one attached hydrogen (secondary N) is 1. The van der Waals surface area contributed by atoms with Crippen molar-refractivity contribution in [3.8, 4) is 11.4 Å². The number of rotatable bonds is 3. The molecule has 1 unspecified atom stereocenters. The van der Waals surface area contributed by atoms with Gasteiger partial charge in [0, 0.05) is 32.0 Å². The Bertz CT molecular complexity index is 918. The average molecular weight is 338 g/mol. The second kappa shape index (κ2) is 5.91. The molecule has 1 atom stereocenters. The third-order valence-corrected chi connectivity index (χ3v) is 4.86. The third kappa shape index (κ3) is 2.75. The molecule has 1 aliphatic heterocycles. The summed E-state index contributed by atoms with van der Waals surface area (Å²) in [6.45, 7) is 5.47. The van der Waals surface area contributed by atoms with Gasteiger partial charge in [-0.05, 0) is 44.5 Å². The molecule has 1 aliphatic rings. The molecule has 0 spiro atoms. The van der Waals surface area contributed by atoms with Crippen LogP contribution in [-0.2, 0) is 7.05 Å². The maximum atomic E-state index is 12.8. The highest BCUT2D eigenvalue weighted by atomic mass is 16.2. The fraction of sp³-hybridized carbons (Fsp3) is 0.389. The van der Waals surface area contributed by atoms with Crippen LogP contribution in [0.2, 0.25) is 0 Å². The molecule has 0 aromatic carbocycles. The Morgan fingerprint density at radius 3 is 2.84 bits per heavy atom. The number of aryl methyl sites for hydroxylation is 3. The summed E-state index contributed by atoms with van der Waals surface area (Å²) in [6.07, 6.45) is 2.89. The van der Waals surface area contributed by atoms with E-state index in [4.69, 9.17) is 0 Å². The minimum absolute atomic E-state index is 0.00279. The van der Waals surface area contributed by atoms with E-state index in [0.717, 1.165) is 35.7 Å². The van der Waals surface area contributed by atoms with Gasteiger partial charge in [-0.15, -0.1) is 0 Å². The van der Waals surface area contributed by atoms with Crippen LogP contribution in [0.25, 0.3) is 11.4 Å². The maximum absolute atomic E-state index is 12.8. The van der Waals surface area contributed by atoms with Crippen molar-refractivity contribution in [3.05, 3.63) is 47.5 Å². The molecule has 1 saturated heterocycles. The number of hydrogen-bond donors (Lipinski definition) is 1. The van der Waals surface area contributed by atoms with Crippen molar-refractivity contribution in [1.82, 2.24) is 29.4 Å². The zero-order valence-corrected chi connectivity index (χ0v) is 14.7. The topological polar surface area (TPSA) is 71.7 Å². The molecule has 0 bridgehead atoms. The molecule has 0 saturated carbocycles. The van der Waals surface area contributed by atoms with Gasteiger partial charge in [0.05, 0.1) is 17.4 Å². The van der Waals surface area contributed by atoms with Crippen LogP contribution in [-0.4, -0.2) is 48.4 Å². The van der Waals surface area contributed by atoms with Crippen molar-refractivity contribution < 1.29 is 4.79 Å². The highest BCUT2D eigenvalue weighted by Crippen LogP contribution is 2.25. The zero-order valence-electron chi connectivity index (χ0n) is 14.7. The van der Waals surface area contributed by atoms with Crippen LogP contribution >= 0.6 is 0 Å². The molecule has 1 fully saturated rings. The van der Waals surface area contributed by atoms with Gasteiger partial charge in [0.15, 0.2) is 0 Å². The second-order valence-electron chi connectivity index (χ2n) is 6.74. The standard InChI is InChI=1S/C18H22N6O/c1-12-9-13(2)24(21-12)14-6-8-23(11-14)18(25)16-10-15(19-20-16)17-5-4-7-22(17)3/h4-5,7,9-10,14H,6,8,11H2,1-3H3,(H,19,20). The van der Waals surface area contributed by atoms with E-state index in [2.05, 4.69) is 28.3 Å². The Morgan fingerprint density at radius 1 is 1.32 bits per heavy atom. The Balaban J connectivity index is 1.50. The van der Waals surface area contributed by atoms with E-state index in [1.54, 1.807) is 0 Å². The smallest absolute Gasteiger partial charge is 0.271 e. The van der Waals surface area contributed by atoms with Crippen molar-refractivity contribution >= 4 is 5.91 Å². The number of carbonyl (C=O) groups is 1. The van der Waals surface area contributed by atoms with Gasteiger partial charge in [0.2, 0.25) is 0 Å². The molecule has 4 heterocycles. The molecule has 0 aliphatic carbocycles. The number of carbonyl (C=O) groups excluding carboxylic acids is 1. The van der Waals surface area contributed by atoms with Crippen molar-refractivity contribution in [3.63, 3.8) is 0 Å². The van der Waals surface area contributed by atoms with Crippen LogP contribution in [0.5, 0.6) is 0 Å². The average Bonchev–Trinajstić information content (AvgIpc) is 3.33. The molecule has 130 valence electrons. The lowest BCUT2D eigenvalue weighted by atomic mass is 10.2. The summed E-state index contributed by atoms with van der Waals surface area (Å²) in [7, 11) is 1.96. The lowest BCUT2D eigenvalue weighted by Gasteiger charge is -2.16. The first-order valence-corrected chi connectivity index (χ1v) is 8.52. The molecule has 25 heavy (non-hydrogen) atoms. The Hall–Kier alpha value is -2.83. The summed E-state index contributed by atoms with van der Waals surface area (Å²) < 4.78 is 4.03. The Labute approximate surface area is 146 Å². The minimum Gasteiger partial charge on any atom is -0.349 e. The van der Waals surface area contributed by atoms with Crippen molar-refractivity contribution in [1.29, 1.82) is 0 Å². The van der Waals surface area contributed by atoms with Crippen LogP contribution in [0.1, 0.15) is 34.3 Å². The molecule has 1 amide bonds. The summed E-state index contributed by atoms with van der Waals surface area (Å²) in [4.78, 5) is 14.7. The summed E-state index contributed by atoms with van der Waals surface area (Å²) >= 11 is 0.